The third-order valence-corrected chi connectivity index (χ3v) is 4.63. The molecule has 1 amide bonds. The lowest BCUT2D eigenvalue weighted by atomic mass is 9.97. The number of pyridine rings is 1. The maximum absolute atomic E-state index is 12.3. The number of halogens is 1. The number of aromatic nitrogens is 1. The van der Waals surface area contributed by atoms with Gasteiger partial charge in [-0.3, -0.25) is 9.59 Å². The molecule has 3 rings (SSSR count). The molecule has 1 fully saturated rings. The van der Waals surface area contributed by atoms with Crippen LogP contribution in [0.5, 0.6) is 0 Å². The summed E-state index contributed by atoms with van der Waals surface area (Å²) in [6, 6.07) is 10.5. The van der Waals surface area contributed by atoms with E-state index < -0.39 is 0 Å². The molecule has 1 aromatic heterocycles. The first-order valence-corrected chi connectivity index (χ1v) is 8.47. The molecule has 0 atom stereocenters. The van der Waals surface area contributed by atoms with Crippen molar-refractivity contribution in [2.45, 2.75) is 19.4 Å². The van der Waals surface area contributed by atoms with E-state index in [1.807, 2.05) is 18.2 Å². The number of nitrogens with zero attached hydrogens (tertiary/aromatic N) is 1. The second-order valence-electron chi connectivity index (χ2n) is 5.99. The van der Waals surface area contributed by atoms with Gasteiger partial charge in [-0.05, 0) is 43.6 Å². The van der Waals surface area contributed by atoms with Crippen LogP contribution >= 0.6 is 11.6 Å². The standard InChI is InChI=1S/C18H20ClN3O2/c19-16-4-2-1-3-14(16)11-22-12-15(5-6-17(22)23)21-18(24)13-7-9-20-10-8-13/h1-6,12-13,20H,7-11H2,(H,21,24). The Kier molecular flexibility index (Phi) is 5.33. The maximum Gasteiger partial charge on any atom is 0.250 e. The zero-order chi connectivity index (χ0) is 16.9. The molecular weight excluding hydrogens is 326 g/mol. The molecule has 24 heavy (non-hydrogen) atoms. The van der Waals surface area contributed by atoms with Crippen molar-refractivity contribution in [3.05, 3.63) is 63.5 Å². The van der Waals surface area contributed by atoms with Crippen LogP contribution in [0, 0.1) is 5.92 Å². The molecule has 2 aromatic rings. The van der Waals surface area contributed by atoms with Gasteiger partial charge in [0.1, 0.15) is 0 Å². The zero-order valence-electron chi connectivity index (χ0n) is 13.3. The zero-order valence-corrected chi connectivity index (χ0v) is 14.1. The predicted octanol–water partition coefficient (Wildman–Crippen LogP) is 2.49. The monoisotopic (exact) mass is 345 g/mol. The number of hydrogen-bond acceptors (Lipinski definition) is 3. The van der Waals surface area contributed by atoms with Gasteiger partial charge in [-0.15, -0.1) is 0 Å². The van der Waals surface area contributed by atoms with Crippen LogP contribution in [0.1, 0.15) is 18.4 Å². The van der Waals surface area contributed by atoms with E-state index in [4.69, 9.17) is 11.6 Å². The van der Waals surface area contributed by atoms with E-state index in [2.05, 4.69) is 10.6 Å². The number of rotatable bonds is 4. The summed E-state index contributed by atoms with van der Waals surface area (Å²) in [6.07, 6.45) is 3.35. The van der Waals surface area contributed by atoms with Gasteiger partial charge in [0.2, 0.25) is 5.91 Å². The highest BCUT2D eigenvalue weighted by Gasteiger charge is 2.21. The number of carbonyl (C=O) groups is 1. The third kappa shape index (κ3) is 4.04. The second kappa shape index (κ2) is 7.64. The van der Waals surface area contributed by atoms with Gasteiger partial charge in [0.15, 0.2) is 0 Å². The van der Waals surface area contributed by atoms with Crippen molar-refractivity contribution in [2.24, 2.45) is 5.92 Å². The van der Waals surface area contributed by atoms with Gasteiger partial charge in [-0.1, -0.05) is 29.8 Å². The Bertz CT molecular complexity index is 782. The summed E-state index contributed by atoms with van der Waals surface area (Å²) in [5.41, 5.74) is 1.36. The van der Waals surface area contributed by atoms with E-state index in [1.165, 1.54) is 6.07 Å². The Morgan fingerprint density at radius 3 is 2.71 bits per heavy atom. The number of benzene rings is 1. The van der Waals surface area contributed by atoms with Crippen LogP contribution in [0.2, 0.25) is 5.02 Å². The number of anilines is 1. The van der Waals surface area contributed by atoms with Crippen molar-refractivity contribution >= 4 is 23.2 Å². The van der Waals surface area contributed by atoms with Gasteiger partial charge < -0.3 is 15.2 Å². The summed E-state index contributed by atoms with van der Waals surface area (Å²) in [4.78, 5) is 24.4. The molecule has 1 aliphatic heterocycles. The fourth-order valence-electron chi connectivity index (χ4n) is 2.87. The summed E-state index contributed by atoms with van der Waals surface area (Å²) in [6.45, 7) is 2.10. The Labute approximate surface area is 145 Å². The Hall–Kier alpha value is -2.11. The van der Waals surface area contributed by atoms with Crippen molar-refractivity contribution in [2.75, 3.05) is 18.4 Å². The van der Waals surface area contributed by atoms with Crippen molar-refractivity contribution in [1.29, 1.82) is 0 Å². The summed E-state index contributed by atoms with van der Waals surface area (Å²) in [7, 11) is 0. The molecule has 0 spiro atoms. The summed E-state index contributed by atoms with van der Waals surface area (Å²) >= 11 is 6.16. The summed E-state index contributed by atoms with van der Waals surface area (Å²) in [5.74, 6) is 0.0367. The van der Waals surface area contributed by atoms with Gasteiger partial charge in [0.05, 0.1) is 12.2 Å². The largest absolute Gasteiger partial charge is 0.325 e. The maximum atomic E-state index is 12.3. The quantitative estimate of drug-likeness (QED) is 0.895. The molecule has 1 aliphatic rings. The minimum absolute atomic E-state index is 0.0134. The first-order valence-electron chi connectivity index (χ1n) is 8.09. The highest BCUT2D eigenvalue weighted by molar-refractivity contribution is 6.31. The molecule has 2 heterocycles. The van der Waals surface area contributed by atoms with Crippen LogP contribution in [0.3, 0.4) is 0 Å². The lowest BCUT2D eigenvalue weighted by Gasteiger charge is -2.22. The molecule has 6 heteroatoms. The molecule has 0 radical (unpaired) electrons. The van der Waals surface area contributed by atoms with E-state index >= 15 is 0 Å². The molecular formula is C18H20ClN3O2. The van der Waals surface area contributed by atoms with Crippen LogP contribution < -0.4 is 16.2 Å². The highest BCUT2D eigenvalue weighted by Crippen LogP contribution is 2.17. The molecule has 0 saturated carbocycles. The second-order valence-corrected chi connectivity index (χ2v) is 6.40. The molecule has 0 bridgehead atoms. The first kappa shape index (κ1) is 16.7. The topological polar surface area (TPSA) is 63.1 Å². The van der Waals surface area contributed by atoms with Gasteiger partial charge in [-0.25, -0.2) is 0 Å². The third-order valence-electron chi connectivity index (χ3n) is 4.26. The Morgan fingerprint density at radius 1 is 1.21 bits per heavy atom. The highest BCUT2D eigenvalue weighted by atomic mass is 35.5. The van der Waals surface area contributed by atoms with Crippen LogP contribution in [0.25, 0.3) is 0 Å². The van der Waals surface area contributed by atoms with Crippen LogP contribution in [-0.4, -0.2) is 23.6 Å². The van der Waals surface area contributed by atoms with Crippen molar-refractivity contribution in [3.63, 3.8) is 0 Å². The van der Waals surface area contributed by atoms with Gasteiger partial charge in [-0.2, -0.15) is 0 Å². The van der Waals surface area contributed by atoms with E-state index in [0.29, 0.717) is 17.3 Å². The van der Waals surface area contributed by atoms with Crippen molar-refractivity contribution in [3.8, 4) is 0 Å². The number of nitrogens with one attached hydrogen (secondary N) is 2. The van der Waals surface area contributed by atoms with Crippen molar-refractivity contribution in [1.82, 2.24) is 9.88 Å². The Balaban J connectivity index is 1.75. The van der Waals surface area contributed by atoms with E-state index in [0.717, 1.165) is 31.5 Å². The first-order chi connectivity index (χ1) is 11.6. The fourth-order valence-corrected chi connectivity index (χ4v) is 3.06. The van der Waals surface area contributed by atoms with Gasteiger partial charge in [0, 0.05) is 23.2 Å². The minimum Gasteiger partial charge on any atom is -0.325 e. The molecule has 1 saturated heterocycles. The average Bonchev–Trinajstić information content (AvgIpc) is 2.60. The van der Waals surface area contributed by atoms with Crippen LogP contribution in [0.15, 0.2) is 47.4 Å². The normalized spacial score (nSPS) is 15.2. The van der Waals surface area contributed by atoms with Gasteiger partial charge >= 0.3 is 0 Å². The summed E-state index contributed by atoms with van der Waals surface area (Å²) < 4.78 is 1.55. The smallest absolute Gasteiger partial charge is 0.250 e. The van der Waals surface area contributed by atoms with Crippen LogP contribution in [-0.2, 0) is 11.3 Å². The van der Waals surface area contributed by atoms with E-state index in [9.17, 15) is 9.59 Å². The molecule has 0 aliphatic carbocycles. The average molecular weight is 346 g/mol. The molecule has 2 N–H and O–H groups in total. The van der Waals surface area contributed by atoms with Crippen LogP contribution in [0.4, 0.5) is 5.69 Å². The molecule has 0 unspecified atom stereocenters. The minimum atomic E-state index is -0.130. The SMILES string of the molecule is O=C(Nc1ccc(=O)n(Cc2ccccc2Cl)c1)C1CCNCC1. The Morgan fingerprint density at radius 2 is 1.96 bits per heavy atom. The number of carbonyl (C=O) groups excluding carboxylic acids is 1. The number of amides is 1. The van der Waals surface area contributed by atoms with E-state index in [-0.39, 0.29) is 17.4 Å². The predicted molar refractivity (Wildman–Crippen MR) is 95.5 cm³/mol. The molecule has 5 nitrogen and oxygen atoms in total. The molecule has 1 aromatic carbocycles. The summed E-state index contributed by atoms with van der Waals surface area (Å²) in [5, 5.41) is 6.78. The van der Waals surface area contributed by atoms with Gasteiger partial charge in [0.25, 0.3) is 5.56 Å². The lowest BCUT2D eigenvalue weighted by molar-refractivity contribution is -0.120. The molecule has 126 valence electrons. The lowest BCUT2D eigenvalue weighted by Crippen LogP contribution is -2.34. The number of piperidine rings is 1. The number of hydrogen-bond donors (Lipinski definition) is 2. The van der Waals surface area contributed by atoms with Crippen molar-refractivity contribution < 1.29 is 4.79 Å². The van der Waals surface area contributed by atoms with E-state index in [1.54, 1.807) is 22.9 Å². The fraction of sp³-hybridized carbons (Fsp3) is 0.333.